The number of fused-ring (bicyclic) bond motifs is 2. The van der Waals surface area contributed by atoms with Gasteiger partial charge in [-0.3, -0.25) is 9.59 Å². The van der Waals surface area contributed by atoms with Crippen LogP contribution in [0, 0.1) is 0 Å². The second-order valence-electron chi connectivity index (χ2n) is 6.14. The number of H-pyrrole nitrogens is 1. The van der Waals surface area contributed by atoms with E-state index < -0.39 is 0 Å². The summed E-state index contributed by atoms with van der Waals surface area (Å²) in [5.74, 6) is -0.0713. The van der Waals surface area contributed by atoms with Crippen LogP contribution < -0.4 is 10.9 Å². The number of nitrogens with zero attached hydrogens (tertiary/aromatic N) is 1. The van der Waals surface area contributed by atoms with E-state index in [9.17, 15) is 9.59 Å². The van der Waals surface area contributed by atoms with Crippen LogP contribution in [0.1, 0.15) is 28.0 Å². The predicted molar refractivity (Wildman–Crippen MR) is 92.1 cm³/mol. The number of benzene rings is 2. The molecular weight excluding hydrogens is 302 g/mol. The average molecular weight is 319 g/mol. The Hall–Kier alpha value is -2.95. The van der Waals surface area contributed by atoms with Crippen LogP contribution in [0.2, 0.25) is 0 Å². The highest BCUT2D eigenvalue weighted by atomic mass is 16.1. The van der Waals surface area contributed by atoms with Gasteiger partial charge in [-0.25, -0.2) is 5.10 Å². The third-order valence-electron chi connectivity index (χ3n) is 4.54. The van der Waals surface area contributed by atoms with Crippen molar-refractivity contribution in [2.24, 2.45) is 0 Å². The summed E-state index contributed by atoms with van der Waals surface area (Å²) in [7, 11) is 0. The summed E-state index contributed by atoms with van der Waals surface area (Å²) in [5, 5.41) is 11.7. The number of nitrogens with one attached hydrogen (secondary N) is 2. The van der Waals surface area contributed by atoms with Crippen molar-refractivity contribution in [3.8, 4) is 0 Å². The van der Waals surface area contributed by atoms with Gasteiger partial charge in [0.25, 0.3) is 11.5 Å². The fraction of sp³-hybridized carbons (Fsp3) is 0.211. The van der Waals surface area contributed by atoms with Crippen LogP contribution in [0.4, 0.5) is 0 Å². The van der Waals surface area contributed by atoms with Crippen molar-refractivity contribution in [1.82, 2.24) is 15.5 Å². The van der Waals surface area contributed by atoms with Crippen LogP contribution in [0.5, 0.6) is 0 Å². The van der Waals surface area contributed by atoms with E-state index in [4.69, 9.17) is 0 Å². The van der Waals surface area contributed by atoms with Crippen molar-refractivity contribution in [3.63, 3.8) is 0 Å². The van der Waals surface area contributed by atoms with Crippen molar-refractivity contribution < 1.29 is 4.79 Å². The van der Waals surface area contributed by atoms with Gasteiger partial charge in [0, 0.05) is 17.7 Å². The Bertz CT molecular complexity index is 972. The monoisotopic (exact) mass is 319 g/mol. The fourth-order valence-electron chi connectivity index (χ4n) is 3.35. The zero-order chi connectivity index (χ0) is 16.5. The number of carbonyl (C=O) groups is 1. The normalized spacial score (nSPS) is 16.6. The number of rotatable bonds is 2. The molecule has 5 nitrogen and oxygen atoms in total. The molecule has 0 aliphatic heterocycles. The molecule has 0 radical (unpaired) electrons. The molecule has 1 aromatic heterocycles. The zero-order valence-electron chi connectivity index (χ0n) is 13.1. The molecule has 1 aliphatic rings. The minimum Gasteiger partial charge on any atom is -0.349 e. The largest absolute Gasteiger partial charge is 0.349 e. The van der Waals surface area contributed by atoms with Gasteiger partial charge in [-0.15, -0.1) is 0 Å². The quantitative estimate of drug-likeness (QED) is 0.760. The molecule has 4 rings (SSSR count). The standard InChI is InChI=1S/C19H17N3O2/c23-18-11-13-10-14(8-9-17(13)21-22-18)20-19(24)16-7-3-5-12-4-1-2-6-15(12)16/h1-7,11,14H,8-10H2,(H,20,24)(H,22,23)/t14-/m0/s1. The molecule has 0 bridgehead atoms. The van der Waals surface area contributed by atoms with Crippen LogP contribution in [-0.2, 0) is 12.8 Å². The number of aromatic amines is 1. The molecule has 1 amide bonds. The molecule has 0 unspecified atom stereocenters. The number of aromatic nitrogens is 2. The van der Waals surface area contributed by atoms with Crippen molar-refractivity contribution in [1.29, 1.82) is 0 Å². The molecule has 1 heterocycles. The Labute approximate surface area is 138 Å². The van der Waals surface area contributed by atoms with Crippen LogP contribution in [0.25, 0.3) is 10.8 Å². The molecule has 0 saturated heterocycles. The minimum atomic E-state index is -0.199. The topological polar surface area (TPSA) is 74.8 Å². The maximum atomic E-state index is 12.7. The summed E-state index contributed by atoms with van der Waals surface area (Å²) in [6.45, 7) is 0. The summed E-state index contributed by atoms with van der Waals surface area (Å²) in [6, 6.07) is 15.2. The van der Waals surface area contributed by atoms with Gasteiger partial charge in [0.2, 0.25) is 0 Å². The van der Waals surface area contributed by atoms with E-state index in [2.05, 4.69) is 15.5 Å². The van der Waals surface area contributed by atoms with E-state index in [0.29, 0.717) is 12.0 Å². The lowest BCUT2D eigenvalue weighted by Crippen LogP contribution is -2.39. The Morgan fingerprint density at radius 2 is 2.00 bits per heavy atom. The van der Waals surface area contributed by atoms with Gasteiger partial charge < -0.3 is 5.32 Å². The lowest BCUT2D eigenvalue weighted by molar-refractivity contribution is 0.0935. The molecule has 0 saturated carbocycles. The van der Waals surface area contributed by atoms with E-state index in [1.54, 1.807) is 6.07 Å². The first-order valence-corrected chi connectivity index (χ1v) is 8.07. The van der Waals surface area contributed by atoms with Crippen molar-refractivity contribution >= 4 is 16.7 Å². The van der Waals surface area contributed by atoms with E-state index in [1.165, 1.54) is 0 Å². The summed E-state index contributed by atoms with van der Waals surface area (Å²) in [6.07, 6.45) is 2.22. The highest BCUT2D eigenvalue weighted by molar-refractivity contribution is 6.07. The molecular formula is C19H17N3O2. The molecule has 2 aromatic carbocycles. The van der Waals surface area contributed by atoms with Gasteiger partial charge >= 0.3 is 0 Å². The summed E-state index contributed by atoms with van der Waals surface area (Å²) >= 11 is 0. The third-order valence-corrected chi connectivity index (χ3v) is 4.54. The summed E-state index contributed by atoms with van der Waals surface area (Å²) in [4.78, 5) is 24.1. The predicted octanol–water partition coefficient (Wildman–Crippen LogP) is 2.21. The number of amides is 1. The highest BCUT2D eigenvalue weighted by Gasteiger charge is 2.22. The molecule has 120 valence electrons. The number of hydrogen-bond donors (Lipinski definition) is 2. The Balaban J connectivity index is 1.57. The highest BCUT2D eigenvalue weighted by Crippen LogP contribution is 2.21. The van der Waals surface area contributed by atoms with Gasteiger partial charge in [-0.1, -0.05) is 36.4 Å². The Morgan fingerprint density at radius 3 is 2.92 bits per heavy atom. The second kappa shape index (κ2) is 5.92. The average Bonchev–Trinajstić information content (AvgIpc) is 2.61. The fourth-order valence-corrected chi connectivity index (χ4v) is 3.35. The number of hydrogen-bond acceptors (Lipinski definition) is 3. The van der Waals surface area contributed by atoms with Crippen LogP contribution >= 0.6 is 0 Å². The molecule has 1 aliphatic carbocycles. The Morgan fingerprint density at radius 1 is 1.17 bits per heavy atom. The van der Waals surface area contributed by atoms with Gasteiger partial charge in [-0.05, 0) is 41.7 Å². The smallest absolute Gasteiger partial charge is 0.264 e. The maximum absolute atomic E-state index is 12.7. The van der Waals surface area contributed by atoms with Crippen molar-refractivity contribution in [3.05, 3.63) is 75.7 Å². The first-order valence-electron chi connectivity index (χ1n) is 8.07. The van der Waals surface area contributed by atoms with Crippen LogP contribution in [-0.4, -0.2) is 22.1 Å². The van der Waals surface area contributed by atoms with Gasteiger partial charge in [0.1, 0.15) is 0 Å². The van der Waals surface area contributed by atoms with E-state index in [0.717, 1.165) is 34.9 Å². The minimum absolute atomic E-state index is 0.0209. The van der Waals surface area contributed by atoms with Crippen LogP contribution in [0.3, 0.4) is 0 Å². The van der Waals surface area contributed by atoms with Gasteiger partial charge in [0.05, 0.1) is 5.69 Å². The summed E-state index contributed by atoms with van der Waals surface area (Å²) in [5.41, 5.74) is 2.33. The molecule has 2 N–H and O–H groups in total. The SMILES string of the molecule is O=C(N[C@H]1CCc2n[nH]c(=O)cc2C1)c1cccc2ccccc12. The molecule has 24 heavy (non-hydrogen) atoms. The van der Waals surface area contributed by atoms with E-state index in [-0.39, 0.29) is 17.5 Å². The third kappa shape index (κ3) is 2.69. The number of aryl methyl sites for hydroxylation is 1. The van der Waals surface area contributed by atoms with Crippen molar-refractivity contribution in [2.45, 2.75) is 25.3 Å². The summed E-state index contributed by atoms with van der Waals surface area (Å²) < 4.78 is 0. The first-order chi connectivity index (χ1) is 11.7. The maximum Gasteiger partial charge on any atom is 0.264 e. The van der Waals surface area contributed by atoms with Gasteiger partial charge in [0.15, 0.2) is 0 Å². The molecule has 0 spiro atoms. The first kappa shape index (κ1) is 14.6. The van der Waals surface area contributed by atoms with Gasteiger partial charge in [-0.2, -0.15) is 5.10 Å². The molecule has 1 atom stereocenters. The molecule has 0 fully saturated rings. The molecule has 5 heteroatoms. The Kier molecular flexibility index (Phi) is 3.61. The lowest BCUT2D eigenvalue weighted by Gasteiger charge is -2.24. The van der Waals surface area contributed by atoms with E-state index >= 15 is 0 Å². The number of carbonyl (C=O) groups excluding carboxylic acids is 1. The second-order valence-corrected chi connectivity index (χ2v) is 6.14. The van der Waals surface area contributed by atoms with Crippen molar-refractivity contribution in [2.75, 3.05) is 0 Å². The van der Waals surface area contributed by atoms with E-state index in [1.807, 2.05) is 42.5 Å². The zero-order valence-corrected chi connectivity index (χ0v) is 13.1. The van der Waals surface area contributed by atoms with Crippen LogP contribution in [0.15, 0.2) is 53.3 Å². The lowest BCUT2D eigenvalue weighted by atomic mass is 9.92. The molecule has 3 aromatic rings.